The molecular weight excluding hydrogens is 775 g/mol. The van der Waals surface area contributed by atoms with E-state index in [1.54, 1.807) is 0 Å². The molecule has 0 spiro atoms. The molecule has 0 amide bonds. The van der Waals surface area contributed by atoms with E-state index in [-0.39, 0.29) is 5.92 Å². The van der Waals surface area contributed by atoms with E-state index in [0.717, 1.165) is 52.9 Å². The maximum atomic E-state index is 6.69. The van der Waals surface area contributed by atoms with Gasteiger partial charge >= 0.3 is 0 Å². The van der Waals surface area contributed by atoms with Gasteiger partial charge in [0.05, 0.1) is 0 Å². The first-order valence-electron chi connectivity index (χ1n) is 22.5. The first kappa shape index (κ1) is 37.8. The second kappa shape index (κ2) is 16.1. The molecule has 2 heteroatoms. The lowest BCUT2D eigenvalue weighted by molar-refractivity contribution is 0.628. The lowest BCUT2D eigenvalue weighted by Crippen LogP contribution is -2.12. The van der Waals surface area contributed by atoms with E-state index in [9.17, 15) is 0 Å². The van der Waals surface area contributed by atoms with Gasteiger partial charge in [-0.2, -0.15) is 0 Å². The molecule has 1 atom stereocenters. The van der Waals surface area contributed by atoms with Crippen LogP contribution in [0.4, 0.5) is 17.1 Å². The van der Waals surface area contributed by atoms with Gasteiger partial charge in [0.2, 0.25) is 0 Å². The van der Waals surface area contributed by atoms with Gasteiger partial charge in [-0.15, -0.1) is 0 Å². The number of hydrogen-bond donors (Lipinski definition) is 0. The molecule has 304 valence electrons. The van der Waals surface area contributed by atoms with Crippen LogP contribution in [-0.4, -0.2) is 0 Å². The monoisotopic (exact) mass is 819 g/mol. The van der Waals surface area contributed by atoms with Crippen LogP contribution in [0, 0.1) is 0 Å². The minimum Gasteiger partial charge on any atom is -0.456 e. The second-order valence-electron chi connectivity index (χ2n) is 17.2. The van der Waals surface area contributed by atoms with Crippen molar-refractivity contribution in [2.24, 2.45) is 0 Å². The van der Waals surface area contributed by atoms with Crippen molar-refractivity contribution in [2.75, 3.05) is 4.90 Å². The largest absolute Gasteiger partial charge is 0.456 e. The SMILES string of the molecule is c1ccc(-c2ccc(N(c3cccc(-c4ccccc4)c3)c3ccc4c(c3)C(Cc3ccc5ccccc5c3)CCc3cc5oc6ccccc6c5c(-c5ccccc5)c3-4)cc2)cc1. The van der Waals surface area contributed by atoms with E-state index in [2.05, 4.69) is 235 Å². The summed E-state index contributed by atoms with van der Waals surface area (Å²) in [6, 6.07) is 84.3. The standard InChI is InChI=1S/C62H45NO/c1-4-15-43(16-5-1)46-31-33-52(34-32-46)63(53-24-14-23-49(39-53)44-17-6-2-7-18-44)54-35-36-55-57(41-54)50(38-42-27-28-45-19-10-11-22-48(45)37-42)29-30-51-40-59-62(56-25-12-13-26-58(56)64-59)61(60(51)55)47-20-8-3-9-21-47/h1-28,31-37,39-41,50H,29-30,38H2. The van der Waals surface area contributed by atoms with Crippen molar-refractivity contribution in [3.05, 3.63) is 247 Å². The van der Waals surface area contributed by atoms with Crippen LogP contribution in [0.5, 0.6) is 0 Å². The van der Waals surface area contributed by atoms with Gasteiger partial charge in [0, 0.05) is 33.4 Å². The number of furan rings is 1. The van der Waals surface area contributed by atoms with Crippen molar-refractivity contribution in [3.8, 4) is 44.5 Å². The molecule has 1 aliphatic rings. The Labute approximate surface area is 374 Å². The Kier molecular flexibility index (Phi) is 9.49. The van der Waals surface area contributed by atoms with E-state index >= 15 is 0 Å². The highest BCUT2D eigenvalue weighted by atomic mass is 16.3. The smallest absolute Gasteiger partial charge is 0.136 e. The summed E-state index contributed by atoms with van der Waals surface area (Å²) < 4.78 is 6.69. The molecule has 0 radical (unpaired) electrons. The number of hydrogen-bond acceptors (Lipinski definition) is 2. The molecule has 2 nitrogen and oxygen atoms in total. The number of nitrogens with zero attached hydrogens (tertiary/aromatic N) is 1. The molecule has 1 heterocycles. The van der Waals surface area contributed by atoms with Crippen LogP contribution < -0.4 is 4.90 Å². The molecule has 0 fully saturated rings. The molecule has 1 unspecified atom stereocenters. The minimum absolute atomic E-state index is 0.258. The average molecular weight is 820 g/mol. The minimum atomic E-state index is 0.258. The van der Waals surface area contributed by atoms with E-state index in [1.807, 2.05) is 0 Å². The van der Waals surface area contributed by atoms with Crippen molar-refractivity contribution in [3.63, 3.8) is 0 Å². The highest BCUT2D eigenvalue weighted by molar-refractivity contribution is 6.17. The predicted octanol–water partition coefficient (Wildman–Crippen LogP) is 17.1. The Morgan fingerprint density at radius 3 is 1.83 bits per heavy atom. The summed E-state index contributed by atoms with van der Waals surface area (Å²) in [5, 5.41) is 4.89. The maximum absolute atomic E-state index is 6.69. The number of benzene rings is 10. The highest BCUT2D eigenvalue weighted by Crippen LogP contribution is 2.51. The quantitative estimate of drug-likeness (QED) is 0.152. The molecular formula is C62H45NO. The summed E-state index contributed by atoms with van der Waals surface area (Å²) in [5.41, 5.74) is 19.2. The molecule has 10 aromatic carbocycles. The number of rotatable bonds is 8. The van der Waals surface area contributed by atoms with Crippen LogP contribution >= 0.6 is 0 Å². The van der Waals surface area contributed by atoms with Gasteiger partial charge in [-0.05, 0) is 140 Å². The van der Waals surface area contributed by atoms with Crippen LogP contribution in [0.15, 0.2) is 235 Å². The molecule has 1 aromatic heterocycles. The third-order valence-electron chi connectivity index (χ3n) is 13.3. The normalized spacial score (nSPS) is 13.4. The lowest BCUT2D eigenvalue weighted by Gasteiger charge is -2.29. The predicted molar refractivity (Wildman–Crippen MR) is 269 cm³/mol. The van der Waals surface area contributed by atoms with Crippen LogP contribution in [0.2, 0.25) is 0 Å². The van der Waals surface area contributed by atoms with Gasteiger partial charge in [0.15, 0.2) is 0 Å². The summed E-state index contributed by atoms with van der Waals surface area (Å²) >= 11 is 0. The van der Waals surface area contributed by atoms with Gasteiger partial charge < -0.3 is 9.32 Å². The van der Waals surface area contributed by atoms with Crippen LogP contribution in [0.3, 0.4) is 0 Å². The molecule has 1 aliphatic carbocycles. The van der Waals surface area contributed by atoms with Gasteiger partial charge in [0.25, 0.3) is 0 Å². The van der Waals surface area contributed by atoms with Crippen LogP contribution in [-0.2, 0) is 12.8 Å². The second-order valence-corrected chi connectivity index (χ2v) is 17.2. The fourth-order valence-corrected chi connectivity index (χ4v) is 10.3. The fourth-order valence-electron chi connectivity index (χ4n) is 10.3. The van der Waals surface area contributed by atoms with Crippen molar-refractivity contribution < 1.29 is 4.42 Å². The first-order valence-corrected chi connectivity index (χ1v) is 22.5. The van der Waals surface area contributed by atoms with Crippen LogP contribution in [0.25, 0.3) is 77.2 Å². The molecule has 0 saturated heterocycles. The molecule has 0 bridgehead atoms. The van der Waals surface area contributed by atoms with E-state index < -0.39 is 0 Å². The van der Waals surface area contributed by atoms with E-state index in [1.165, 1.54) is 77.4 Å². The summed E-state index contributed by atoms with van der Waals surface area (Å²) in [5.74, 6) is 0.258. The van der Waals surface area contributed by atoms with Crippen molar-refractivity contribution in [1.29, 1.82) is 0 Å². The first-order chi connectivity index (χ1) is 31.7. The topological polar surface area (TPSA) is 16.4 Å². The van der Waals surface area contributed by atoms with Gasteiger partial charge in [0.1, 0.15) is 11.2 Å². The van der Waals surface area contributed by atoms with Crippen molar-refractivity contribution in [1.82, 2.24) is 0 Å². The molecule has 0 N–H and O–H groups in total. The third-order valence-corrected chi connectivity index (χ3v) is 13.3. The van der Waals surface area contributed by atoms with Crippen molar-refractivity contribution >= 4 is 49.8 Å². The Bertz CT molecular complexity index is 3460. The summed E-state index contributed by atoms with van der Waals surface area (Å²) in [6.07, 6.45) is 2.88. The van der Waals surface area contributed by atoms with Crippen LogP contribution in [0.1, 0.15) is 29.0 Å². The summed E-state index contributed by atoms with van der Waals surface area (Å²) in [7, 11) is 0. The number of aryl methyl sites for hydroxylation is 1. The zero-order valence-corrected chi connectivity index (χ0v) is 35.5. The number of anilines is 3. The number of para-hydroxylation sites is 1. The maximum Gasteiger partial charge on any atom is 0.136 e. The third kappa shape index (κ3) is 6.85. The number of fused-ring (bicyclic) bond motifs is 7. The molecule has 0 saturated carbocycles. The molecule has 12 rings (SSSR count). The lowest BCUT2D eigenvalue weighted by atomic mass is 9.83. The Hall–Kier alpha value is -7.94. The van der Waals surface area contributed by atoms with Gasteiger partial charge in [-0.3, -0.25) is 0 Å². The Balaban J connectivity index is 1.09. The van der Waals surface area contributed by atoms with Crippen molar-refractivity contribution in [2.45, 2.75) is 25.2 Å². The zero-order chi connectivity index (χ0) is 42.4. The summed E-state index contributed by atoms with van der Waals surface area (Å²) in [4.78, 5) is 2.45. The average Bonchev–Trinajstić information content (AvgIpc) is 3.67. The molecule has 11 aromatic rings. The highest BCUT2D eigenvalue weighted by Gasteiger charge is 2.29. The van der Waals surface area contributed by atoms with Gasteiger partial charge in [-0.1, -0.05) is 182 Å². The Morgan fingerprint density at radius 2 is 1.05 bits per heavy atom. The zero-order valence-electron chi connectivity index (χ0n) is 35.5. The van der Waals surface area contributed by atoms with Gasteiger partial charge in [-0.25, -0.2) is 0 Å². The Morgan fingerprint density at radius 1 is 0.422 bits per heavy atom. The van der Waals surface area contributed by atoms with E-state index in [4.69, 9.17) is 4.42 Å². The molecule has 0 aliphatic heterocycles. The summed E-state index contributed by atoms with van der Waals surface area (Å²) in [6.45, 7) is 0. The van der Waals surface area contributed by atoms with E-state index in [0.29, 0.717) is 0 Å². The molecule has 64 heavy (non-hydrogen) atoms. The fraction of sp³-hybridized carbons (Fsp3) is 0.0645.